The van der Waals surface area contributed by atoms with E-state index in [-0.39, 0.29) is 0 Å². The van der Waals surface area contributed by atoms with Gasteiger partial charge in [0.05, 0.1) is 5.41 Å². The summed E-state index contributed by atoms with van der Waals surface area (Å²) in [5.41, 5.74) is 0.156. The fourth-order valence-corrected chi connectivity index (χ4v) is 4.12. The van der Waals surface area contributed by atoms with E-state index in [0.29, 0.717) is 24.0 Å². The molecule has 2 unspecified atom stereocenters. The topological polar surface area (TPSA) is 0 Å². The molecule has 0 fully saturated rings. The third-order valence-electron chi connectivity index (χ3n) is 5.03. The van der Waals surface area contributed by atoms with E-state index in [1.807, 2.05) is 97.1 Å². The minimum absolute atomic E-state index is 0.368. The minimum atomic E-state index is -2.90. The van der Waals surface area contributed by atoms with Gasteiger partial charge in [-0.3, -0.25) is 0 Å². The Balaban J connectivity index is 2.61. The van der Waals surface area contributed by atoms with Gasteiger partial charge in [0.15, 0.2) is 0 Å². The average molecular weight is 428 g/mol. The fraction of sp³-hybridized carbons (Fsp3) is 0.400. The van der Waals surface area contributed by atoms with E-state index in [2.05, 4.69) is 0 Å². The molecule has 124 valence electrons. The fourth-order valence-electron chi connectivity index (χ4n) is 3.16. The first-order valence-electron chi connectivity index (χ1n) is 8.01. The highest BCUT2D eigenvalue weighted by atomic mass is 127. The largest absolute Gasteiger partial charge is 0.275 e. The van der Waals surface area contributed by atoms with Crippen LogP contribution in [0, 0.1) is 0 Å². The molecule has 0 aliphatic carbocycles. The van der Waals surface area contributed by atoms with E-state index in [9.17, 15) is 0 Å². The van der Waals surface area contributed by atoms with Crippen molar-refractivity contribution in [3.05, 3.63) is 71.8 Å². The molecule has 0 aromatic heterocycles. The molecule has 0 saturated heterocycles. The van der Waals surface area contributed by atoms with Crippen molar-refractivity contribution in [3.63, 3.8) is 0 Å². The molecule has 0 bridgehead atoms. The summed E-state index contributed by atoms with van der Waals surface area (Å²) >= 11 is 1.97. The summed E-state index contributed by atoms with van der Waals surface area (Å²) in [4.78, 5) is 0. The Morgan fingerprint density at radius 1 is 0.783 bits per heavy atom. The van der Waals surface area contributed by atoms with Gasteiger partial charge in [-0.05, 0) is 30.9 Å². The molecular formula is C20H23F2I. The van der Waals surface area contributed by atoms with Crippen molar-refractivity contribution in [2.75, 3.05) is 0 Å². The summed E-state index contributed by atoms with van der Waals surface area (Å²) in [5, 5.41) is 0. The van der Waals surface area contributed by atoms with Crippen LogP contribution in [0.1, 0.15) is 44.7 Å². The highest BCUT2D eigenvalue weighted by molar-refractivity contribution is 14.1. The maximum atomic E-state index is 15.9. The van der Waals surface area contributed by atoms with Gasteiger partial charge in [0, 0.05) is 0 Å². The van der Waals surface area contributed by atoms with Crippen molar-refractivity contribution in [1.82, 2.24) is 0 Å². The molecule has 0 aliphatic rings. The molecule has 2 aromatic carbocycles. The lowest BCUT2D eigenvalue weighted by atomic mass is 9.68. The number of hydrogen-bond donors (Lipinski definition) is 0. The zero-order valence-electron chi connectivity index (χ0n) is 13.8. The number of alkyl halides is 3. The number of halogens is 3. The molecule has 2 atom stereocenters. The Kier molecular flexibility index (Phi) is 5.49. The summed E-state index contributed by atoms with van der Waals surface area (Å²) in [6.07, 6.45) is 0.745. The first kappa shape index (κ1) is 18.4. The second kappa shape index (κ2) is 6.88. The summed E-state index contributed by atoms with van der Waals surface area (Å²) in [7, 11) is 0. The van der Waals surface area contributed by atoms with Crippen LogP contribution in [0.4, 0.5) is 8.78 Å². The quantitative estimate of drug-likeness (QED) is 0.354. The van der Waals surface area contributed by atoms with Gasteiger partial charge in [-0.25, -0.2) is 8.78 Å². The molecule has 0 heterocycles. The lowest BCUT2D eigenvalue weighted by Gasteiger charge is -2.46. The predicted octanol–water partition coefficient (Wildman–Crippen LogP) is 6.73. The maximum absolute atomic E-state index is 15.9. The van der Waals surface area contributed by atoms with E-state index in [4.69, 9.17) is 0 Å². The maximum Gasteiger partial charge on any atom is 0.275 e. The van der Waals surface area contributed by atoms with Crippen molar-refractivity contribution < 1.29 is 8.78 Å². The molecule has 0 amide bonds. The molecular weight excluding hydrogens is 405 g/mol. The molecule has 0 radical (unpaired) electrons. The Bertz CT molecular complexity index is 571. The van der Waals surface area contributed by atoms with Crippen molar-refractivity contribution in [1.29, 1.82) is 0 Å². The van der Waals surface area contributed by atoms with Crippen LogP contribution >= 0.6 is 22.6 Å². The van der Waals surface area contributed by atoms with E-state index in [0.717, 1.165) is 0 Å². The zero-order chi connectivity index (χ0) is 17.1. The number of benzene rings is 2. The van der Waals surface area contributed by atoms with Crippen LogP contribution in [-0.2, 0) is 8.84 Å². The van der Waals surface area contributed by atoms with Gasteiger partial charge >= 0.3 is 0 Å². The molecule has 0 saturated carbocycles. The molecule has 2 aromatic rings. The van der Waals surface area contributed by atoms with Gasteiger partial charge in [0.2, 0.25) is 0 Å². The SMILES string of the molecule is CCC(C)(c1ccccc1)C(F)(F)C(I)(CC)c1ccccc1. The van der Waals surface area contributed by atoms with Crippen molar-refractivity contribution in [2.24, 2.45) is 0 Å². The van der Waals surface area contributed by atoms with Gasteiger partial charge in [-0.15, -0.1) is 0 Å². The highest BCUT2D eigenvalue weighted by Crippen LogP contribution is 2.58. The molecule has 2 rings (SSSR count). The predicted molar refractivity (Wildman–Crippen MR) is 101 cm³/mol. The van der Waals surface area contributed by atoms with Crippen LogP contribution in [0.5, 0.6) is 0 Å². The van der Waals surface area contributed by atoms with Crippen LogP contribution in [0.3, 0.4) is 0 Å². The first-order valence-corrected chi connectivity index (χ1v) is 9.09. The van der Waals surface area contributed by atoms with Gasteiger partial charge in [0.25, 0.3) is 5.92 Å². The summed E-state index contributed by atoms with van der Waals surface area (Å²) in [6.45, 7) is 5.38. The lowest BCUT2D eigenvalue weighted by molar-refractivity contribution is -0.105. The van der Waals surface area contributed by atoms with Crippen LogP contribution in [0.15, 0.2) is 60.7 Å². The first-order chi connectivity index (χ1) is 10.8. The van der Waals surface area contributed by atoms with Crippen molar-refractivity contribution in [2.45, 2.75) is 48.4 Å². The Hall–Kier alpha value is -0.970. The molecule has 0 aliphatic heterocycles. The molecule has 23 heavy (non-hydrogen) atoms. The second-order valence-electron chi connectivity index (χ2n) is 6.15. The van der Waals surface area contributed by atoms with E-state index >= 15 is 8.78 Å². The van der Waals surface area contributed by atoms with E-state index in [1.165, 1.54) is 0 Å². The van der Waals surface area contributed by atoms with Crippen LogP contribution in [0.2, 0.25) is 0 Å². The smallest absolute Gasteiger partial charge is 0.204 e. The second-order valence-corrected chi connectivity index (χ2v) is 7.99. The number of rotatable bonds is 6. The monoisotopic (exact) mass is 428 g/mol. The lowest BCUT2D eigenvalue weighted by Crippen LogP contribution is -2.54. The third-order valence-corrected chi connectivity index (χ3v) is 7.09. The Morgan fingerprint density at radius 2 is 1.22 bits per heavy atom. The zero-order valence-corrected chi connectivity index (χ0v) is 16.0. The standard InChI is InChI=1S/C20H23F2I/c1-4-18(3,16-12-8-6-9-13-16)20(21,22)19(23,5-2)17-14-10-7-11-15-17/h6-15H,4-5H2,1-3H3. The van der Waals surface area contributed by atoms with Gasteiger partial charge in [-0.2, -0.15) is 0 Å². The van der Waals surface area contributed by atoms with Crippen molar-refractivity contribution >= 4 is 22.6 Å². The Morgan fingerprint density at radius 3 is 1.61 bits per heavy atom. The minimum Gasteiger partial charge on any atom is -0.204 e. The normalized spacial score (nSPS) is 17.3. The summed E-state index contributed by atoms with van der Waals surface area (Å²) in [5.74, 6) is -2.90. The van der Waals surface area contributed by atoms with Crippen LogP contribution in [-0.4, -0.2) is 5.92 Å². The van der Waals surface area contributed by atoms with Crippen molar-refractivity contribution in [3.8, 4) is 0 Å². The highest BCUT2D eigenvalue weighted by Gasteiger charge is 2.62. The molecule has 0 spiro atoms. The summed E-state index contributed by atoms with van der Waals surface area (Å²) < 4.78 is 30.5. The number of hydrogen-bond acceptors (Lipinski definition) is 0. The average Bonchev–Trinajstić information content (AvgIpc) is 2.61. The van der Waals surface area contributed by atoms with Gasteiger partial charge in [0.1, 0.15) is 3.42 Å². The third kappa shape index (κ3) is 2.92. The Labute approximate surface area is 151 Å². The van der Waals surface area contributed by atoms with Gasteiger partial charge in [-0.1, -0.05) is 97.1 Å². The molecule has 0 nitrogen and oxygen atoms in total. The van der Waals surface area contributed by atoms with E-state index in [1.54, 1.807) is 6.92 Å². The van der Waals surface area contributed by atoms with Gasteiger partial charge < -0.3 is 0 Å². The molecule has 0 N–H and O–H groups in total. The van der Waals surface area contributed by atoms with Crippen LogP contribution < -0.4 is 0 Å². The van der Waals surface area contributed by atoms with E-state index < -0.39 is 14.8 Å². The summed E-state index contributed by atoms with van der Waals surface area (Å²) in [6, 6.07) is 18.3. The molecule has 3 heteroatoms. The van der Waals surface area contributed by atoms with Crippen LogP contribution in [0.25, 0.3) is 0 Å².